The lowest BCUT2D eigenvalue weighted by molar-refractivity contribution is 0.0762. The molecule has 0 amide bonds. The van der Waals surface area contributed by atoms with E-state index in [0.29, 0.717) is 110 Å². The Bertz CT molecular complexity index is 2160. The fourth-order valence-electron chi connectivity index (χ4n) is 9.90. The number of azo groups is 2. The molecule has 2 aliphatic heterocycles. The number of nitrogens with zero attached hydrogens (tertiary/aromatic N) is 4. The first-order chi connectivity index (χ1) is 38.1. The second-order valence-electron chi connectivity index (χ2n) is 21.0. The van der Waals surface area contributed by atoms with E-state index in [9.17, 15) is 0 Å². The van der Waals surface area contributed by atoms with Gasteiger partial charge in [-0.1, -0.05) is 168 Å². The van der Waals surface area contributed by atoms with Gasteiger partial charge < -0.3 is 37.9 Å². The lowest BCUT2D eigenvalue weighted by Gasteiger charge is -2.18. The number of unbranched alkanes of at least 4 members (excludes halogenated alkanes) is 20. The molecule has 0 saturated carbocycles. The maximum atomic E-state index is 6.69. The highest BCUT2D eigenvalue weighted by molar-refractivity contribution is 5.61. The van der Waals surface area contributed by atoms with E-state index >= 15 is 0 Å². The van der Waals surface area contributed by atoms with Crippen LogP contribution in [0.3, 0.4) is 0 Å². The third-order valence-corrected chi connectivity index (χ3v) is 14.5. The van der Waals surface area contributed by atoms with Gasteiger partial charge in [0.05, 0.1) is 26.4 Å². The van der Waals surface area contributed by atoms with Gasteiger partial charge >= 0.3 is 0 Å². The Labute approximate surface area is 463 Å². The van der Waals surface area contributed by atoms with Gasteiger partial charge in [0.1, 0.15) is 72.2 Å². The molecule has 2 aliphatic rings. The van der Waals surface area contributed by atoms with Crippen molar-refractivity contribution >= 4 is 22.7 Å². The van der Waals surface area contributed by atoms with Gasteiger partial charge in [-0.25, -0.2) is 0 Å². The molecular weight excluding hydrogens is 965 g/mol. The first-order valence-corrected chi connectivity index (χ1v) is 30.4. The van der Waals surface area contributed by atoms with Gasteiger partial charge in [0.15, 0.2) is 11.5 Å². The Hall–Kier alpha value is -5.20. The van der Waals surface area contributed by atoms with E-state index in [1.165, 1.54) is 127 Å². The van der Waals surface area contributed by atoms with Crippen LogP contribution < -0.4 is 28.4 Å². The minimum absolute atomic E-state index is 0.0297. The fourth-order valence-corrected chi connectivity index (χ4v) is 9.90. The zero-order valence-electron chi connectivity index (χ0n) is 48.0. The maximum absolute atomic E-state index is 6.69. The van der Waals surface area contributed by atoms with Crippen LogP contribution >= 0.6 is 0 Å². The van der Waals surface area contributed by atoms with E-state index in [2.05, 4.69) is 64.1 Å². The van der Waals surface area contributed by atoms with Crippen molar-refractivity contribution in [3.05, 3.63) is 82.9 Å². The number of benzene rings is 4. The predicted molar refractivity (Wildman–Crippen MR) is 312 cm³/mol. The highest BCUT2D eigenvalue weighted by atomic mass is 16.7. The van der Waals surface area contributed by atoms with Crippen molar-refractivity contribution in [3.8, 4) is 34.5 Å². The quantitative estimate of drug-likeness (QED) is 0.0350. The highest BCUT2D eigenvalue weighted by Gasteiger charge is 2.18. The molecule has 0 fully saturated rings. The SMILES string of the molecule is CCCCCCCCc1ccc2c(c1)N=Nc1cc(CCCCCCCC)c(OCOc3cc4c(cc3CCCCCCCC)N=Nc3cc(CCCCCCCC)ccc3OCCOCCO4)cc1OCCOCCO2. The molecule has 0 unspecified atom stereocenters. The van der Waals surface area contributed by atoms with E-state index in [0.717, 1.165) is 75.3 Å². The minimum Gasteiger partial charge on any atom is -0.489 e. The average molecular weight is 1060 g/mol. The van der Waals surface area contributed by atoms with Gasteiger partial charge in [0.2, 0.25) is 6.79 Å². The summed E-state index contributed by atoms with van der Waals surface area (Å²) in [5.74, 6) is 3.93. The van der Waals surface area contributed by atoms with Gasteiger partial charge in [-0.2, -0.15) is 0 Å². The van der Waals surface area contributed by atoms with Gasteiger partial charge in [0.25, 0.3) is 0 Å². The standard InChI is InChI=1S/C65H96N4O8/c1-5-9-13-17-21-25-29-52-33-35-60-56(45-52)66-68-58-47-54(31-27-23-19-15-11-7-3)62(49-64(58)74-43-39-70-37-41-72-60)76-51-77-63-50-65-59(48-55(63)32-28-24-20-16-12-8-4)69-67-57-46-53(30-26-22-18-14-10-6-2)34-36-61(57)73-42-38-71-40-44-75-65/h33-36,45-50H,5-32,37-44,51H2,1-4H3. The summed E-state index contributed by atoms with van der Waals surface area (Å²) >= 11 is 0. The summed E-state index contributed by atoms with van der Waals surface area (Å²) in [6.07, 6.45) is 32.8. The molecular formula is C65H96N4O8. The first-order valence-electron chi connectivity index (χ1n) is 30.4. The Morgan fingerprint density at radius 2 is 0.636 bits per heavy atom. The predicted octanol–water partition coefficient (Wildman–Crippen LogP) is 19.1. The topological polar surface area (TPSA) is 123 Å². The van der Waals surface area contributed by atoms with Gasteiger partial charge in [-0.05, 0) is 110 Å². The van der Waals surface area contributed by atoms with Gasteiger partial charge in [-0.15, -0.1) is 20.5 Å². The van der Waals surface area contributed by atoms with Crippen LogP contribution in [-0.2, 0) is 35.2 Å². The molecule has 12 heteroatoms. The van der Waals surface area contributed by atoms with Crippen LogP contribution in [0.4, 0.5) is 22.7 Å². The lowest BCUT2D eigenvalue weighted by atomic mass is 10.0. The third kappa shape index (κ3) is 23.0. The van der Waals surface area contributed by atoms with Gasteiger partial charge in [-0.3, -0.25) is 0 Å². The smallest absolute Gasteiger partial charge is 0.230 e. The zero-order valence-corrected chi connectivity index (χ0v) is 48.0. The summed E-state index contributed by atoms with van der Waals surface area (Å²) in [6, 6.07) is 20.7. The number of ether oxygens (including phenoxy) is 8. The summed E-state index contributed by atoms with van der Waals surface area (Å²) in [7, 11) is 0. The zero-order chi connectivity index (χ0) is 53.8. The molecule has 0 radical (unpaired) electrons. The molecule has 12 nitrogen and oxygen atoms in total. The van der Waals surface area contributed by atoms with Crippen molar-refractivity contribution < 1.29 is 37.9 Å². The number of hydrogen-bond donors (Lipinski definition) is 0. The van der Waals surface area contributed by atoms with Crippen LogP contribution in [-0.4, -0.2) is 59.6 Å². The minimum atomic E-state index is -0.0297. The van der Waals surface area contributed by atoms with E-state index in [-0.39, 0.29) is 6.79 Å². The van der Waals surface area contributed by atoms with Crippen LogP contribution in [0.2, 0.25) is 0 Å². The van der Waals surface area contributed by atoms with E-state index < -0.39 is 0 Å². The number of fused-ring (bicyclic) bond motifs is 4. The monoisotopic (exact) mass is 1060 g/mol. The molecule has 6 rings (SSSR count). The van der Waals surface area contributed by atoms with Crippen LogP contribution in [0.25, 0.3) is 0 Å². The number of aryl methyl sites for hydroxylation is 4. The second-order valence-corrected chi connectivity index (χ2v) is 21.0. The lowest BCUT2D eigenvalue weighted by Crippen LogP contribution is -2.13. The largest absolute Gasteiger partial charge is 0.489 e. The molecule has 0 saturated heterocycles. The number of hydrogen-bond acceptors (Lipinski definition) is 12. The van der Waals surface area contributed by atoms with Crippen molar-refractivity contribution in [3.63, 3.8) is 0 Å². The van der Waals surface area contributed by atoms with Gasteiger partial charge in [0, 0.05) is 12.1 Å². The normalized spacial score (nSPS) is 14.0. The Balaban J connectivity index is 1.27. The summed E-state index contributed by atoms with van der Waals surface area (Å²) in [4.78, 5) is 0. The van der Waals surface area contributed by atoms with E-state index in [4.69, 9.17) is 58.4 Å². The molecule has 0 spiro atoms. The van der Waals surface area contributed by atoms with Crippen molar-refractivity contribution in [1.82, 2.24) is 0 Å². The van der Waals surface area contributed by atoms with Crippen LogP contribution in [0.15, 0.2) is 81.1 Å². The Kier molecular flexibility index (Phi) is 29.8. The molecule has 77 heavy (non-hydrogen) atoms. The molecule has 0 aliphatic carbocycles. The Morgan fingerprint density at radius 3 is 1.00 bits per heavy atom. The van der Waals surface area contributed by atoms with E-state index in [1.807, 2.05) is 24.3 Å². The first kappa shape index (κ1) is 61.0. The number of rotatable bonds is 32. The van der Waals surface area contributed by atoms with Crippen molar-refractivity contribution in [1.29, 1.82) is 0 Å². The second kappa shape index (κ2) is 37.6. The van der Waals surface area contributed by atoms with Crippen molar-refractivity contribution in [2.45, 2.75) is 207 Å². The van der Waals surface area contributed by atoms with Crippen LogP contribution in [0.5, 0.6) is 34.5 Å². The third-order valence-electron chi connectivity index (χ3n) is 14.5. The summed E-state index contributed by atoms with van der Waals surface area (Å²) in [5, 5.41) is 19.5. The van der Waals surface area contributed by atoms with Crippen LogP contribution in [0, 0.1) is 0 Å². The molecule has 424 valence electrons. The Morgan fingerprint density at radius 1 is 0.325 bits per heavy atom. The molecule has 0 bridgehead atoms. The molecule has 0 atom stereocenters. The van der Waals surface area contributed by atoms with E-state index in [1.54, 1.807) is 0 Å². The summed E-state index contributed by atoms with van der Waals surface area (Å²) in [5.41, 5.74) is 7.22. The molecule has 0 N–H and O–H groups in total. The molecule has 4 aromatic carbocycles. The molecule has 4 aromatic rings. The summed E-state index contributed by atoms with van der Waals surface area (Å²) < 4.78 is 50.6. The fraction of sp³-hybridized carbons (Fsp3) is 0.631. The summed E-state index contributed by atoms with van der Waals surface area (Å²) in [6.45, 7) is 12.2. The molecule has 0 aromatic heterocycles. The molecule has 2 heterocycles. The highest BCUT2D eigenvalue weighted by Crippen LogP contribution is 2.41. The maximum Gasteiger partial charge on any atom is 0.230 e. The van der Waals surface area contributed by atoms with Crippen LogP contribution in [0.1, 0.15) is 204 Å². The van der Waals surface area contributed by atoms with Crippen molar-refractivity contribution in [2.75, 3.05) is 59.6 Å². The average Bonchev–Trinajstić information content (AvgIpc) is 3.47. The van der Waals surface area contributed by atoms with Crippen molar-refractivity contribution in [2.24, 2.45) is 20.5 Å².